The number of carbonyl (C=O) groups excluding carboxylic acids is 2. The third kappa shape index (κ3) is 3.62. The number of fused-ring (bicyclic) bond motifs is 5. The number of hydrogen-bond donors (Lipinski definition) is 0. The quantitative estimate of drug-likeness (QED) is 0.524. The highest BCUT2D eigenvalue weighted by molar-refractivity contribution is 5.87. The summed E-state index contributed by atoms with van der Waals surface area (Å²) < 4.78 is 5.70. The first-order chi connectivity index (χ1) is 14.5. The number of nitrogens with zero attached hydrogens (tertiary/aromatic N) is 1. The number of likely N-dealkylation sites (tertiary alicyclic amines) is 1. The molecule has 4 nitrogen and oxygen atoms in total. The summed E-state index contributed by atoms with van der Waals surface area (Å²) >= 11 is 0. The molecule has 0 amide bonds. The highest BCUT2D eigenvalue weighted by Gasteiger charge is 2.54. The zero-order chi connectivity index (χ0) is 20.7. The molecule has 30 heavy (non-hydrogen) atoms. The predicted molar refractivity (Wildman–Crippen MR) is 117 cm³/mol. The molecule has 1 aromatic carbocycles. The maximum absolute atomic E-state index is 12.5. The molecule has 2 saturated carbocycles. The number of esters is 1. The molecule has 1 saturated heterocycles. The minimum Gasteiger partial charge on any atom is -0.426 e. The van der Waals surface area contributed by atoms with Crippen LogP contribution in [0.3, 0.4) is 0 Å². The Hall–Kier alpha value is -1.68. The number of benzene rings is 1. The molecule has 0 spiro atoms. The van der Waals surface area contributed by atoms with Crippen LogP contribution in [-0.2, 0) is 16.0 Å². The average Bonchev–Trinajstić information content (AvgIpc) is 3.07. The summed E-state index contributed by atoms with van der Waals surface area (Å²) in [6.07, 6.45) is 10.5. The molecule has 162 valence electrons. The van der Waals surface area contributed by atoms with Crippen molar-refractivity contribution in [1.29, 1.82) is 0 Å². The molecule has 0 N–H and O–H groups in total. The van der Waals surface area contributed by atoms with Crippen LogP contribution in [0.5, 0.6) is 5.75 Å². The molecule has 0 radical (unpaired) electrons. The molecule has 0 bridgehead atoms. The maximum atomic E-state index is 12.5. The van der Waals surface area contributed by atoms with E-state index in [0.29, 0.717) is 35.7 Å². The first-order valence-corrected chi connectivity index (χ1v) is 12.1. The minimum absolute atomic E-state index is 0.0670. The van der Waals surface area contributed by atoms with Crippen LogP contribution in [0.1, 0.15) is 81.8 Å². The smallest absolute Gasteiger partial charge is 0.312 e. The number of piperidine rings is 1. The maximum Gasteiger partial charge on any atom is 0.312 e. The van der Waals surface area contributed by atoms with E-state index in [2.05, 4.69) is 24.0 Å². The second kappa shape index (κ2) is 8.11. The molecule has 3 unspecified atom stereocenters. The van der Waals surface area contributed by atoms with E-state index in [1.54, 1.807) is 0 Å². The summed E-state index contributed by atoms with van der Waals surface area (Å²) in [5, 5.41) is 0. The molecular weight excluding hydrogens is 374 g/mol. The fourth-order valence-corrected chi connectivity index (χ4v) is 7.01. The standard InChI is InChI=1S/C26H35NO3/c1-26-13-11-21-20-8-6-19(30-25(29)12-16-27-14-3-2-4-15-27)17-18(20)5-7-22(21)23(26)9-10-24(26)28/h6,8,17,21-23H,2-5,7,9-16H2,1H3/t21?,22?,23?,26-/m0/s1. The van der Waals surface area contributed by atoms with Crippen molar-refractivity contribution in [3.8, 4) is 5.75 Å². The number of hydrogen-bond acceptors (Lipinski definition) is 4. The van der Waals surface area contributed by atoms with Crippen LogP contribution in [0, 0.1) is 17.3 Å². The summed E-state index contributed by atoms with van der Waals surface area (Å²) in [7, 11) is 0. The third-order valence-electron chi connectivity index (χ3n) is 8.72. The van der Waals surface area contributed by atoms with Gasteiger partial charge in [-0.05, 0) is 99.0 Å². The Balaban J connectivity index is 1.23. The zero-order valence-corrected chi connectivity index (χ0v) is 18.3. The Morgan fingerprint density at radius 1 is 1.13 bits per heavy atom. The Kier molecular flexibility index (Phi) is 5.47. The Bertz CT molecular complexity index is 828. The largest absolute Gasteiger partial charge is 0.426 e. The SMILES string of the molecule is C[C@]12CCC3c4ccc(OC(=O)CCN5CCCCC5)cc4CCC3C1CCC2=O. The van der Waals surface area contributed by atoms with Crippen LogP contribution in [-0.4, -0.2) is 36.3 Å². The lowest BCUT2D eigenvalue weighted by Gasteiger charge is -2.48. The average molecular weight is 410 g/mol. The first kappa shape index (κ1) is 20.2. The van der Waals surface area contributed by atoms with Gasteiger partial charge in [0.15, 0.2) is 0 Å². The van der Waals surface area contributed by atoms with Gasteiger partial charge in [-0.1, -0.05) is 19.4 Å². The second-order valence-corrected chi connectivity index (χ2v) is 10.3. The van der Waals surface area contributed by atoms with Gasteiger partial charge in [0.2, 0.25) is 0 Å². The molecule has 3 aliphatic carbocycles. The van der Waals surface area contributed by atoms with Crippen molar-refractivity contribution < 1.29 is 14.3 Å². The first-order valence-electron chi connectivity index (χ1n) is 12.1. The van der Waals surface area contributed by atoms with E-state index in [-0.39, 0.29) is 11.4 Å². The van der Waals surface area contributed by atoms with Crippen LogP contribution in [0.15, 0.2) is 18.2 Å². The highest BCUT2D eigenvalue weighted by atomic mass is 16.5. The van der Waals surface area contributed by atoms with Crippen molar-refractivity contribution >= 4 is 11.8 Å². The molecule has 5 rings (SSSR count). The summed E-state index contributed by atoms with van der Waals surface area (Å²) in [4.78, 5) is 27.2. The second-order valence-electron chi connectivity index (χ2n) is 10.3. The van der Waals surface area contributed by atoms with Gasteiger partial charge in [0.05, 0.1) is 6.42 Å². The molecule has 0 aromatic heterocycles. The van der Waals surface area contributed by atoms with Gasteiger partial charge < -0.3 is 9.64 Å². The molecule has 4 heteroatoms. The molecule has 3 fully saturated rings. The molecular formula is C26H35NO3. The van der Waals surface area contributed by atoms with Crippen molar-refractivity contribution in [2.45, 2.75) is 77.0 Å². The van der Waals surface area contributed by atoms with Crippen molar-refractivity contribution in [2.75, 3.05) is 19.6 Å². The van der Waals surface area contributed by atoms with Crippen LogP contribution in [0.2, 0.25) is 0 Å². The van der Waals surface area contributed by atoms with Gasteiger partial charge in [0, 0.05) is 18.4 Å². The molecule has 1 aromatic rings. The van der Waals surface area contributed by atoms with Crippen molar-refractivity contribution in [1.82, 2.24) is 4.90 Å². The van der Waals surface area contributed by atoms with Gasteiger partial charge in [-0.2, -0.15) is 0 Å². The number of ketones is 1. The predicted octanol–water partition coefficient (Wildman–Crippen LogP) is 4.89. The molecule has 1 aliphatic heterocycles. The fraction of sp³-hybridized carbons (Fsp3) is 0.692. The van der Waals surface area contributed by atoms with E-state index in [1.165, 1.54) is 30.4 Å². The Morgan fingerprint density at radius 2 is 1.97 bits per heavy atom. The summed E-state index contributed by atoms with van der Waals surface area (Å²) in [5.74, 6) is 2.86. The van der Waals surface area contributed by atoms with Gasteiger partial charge in [-0.3, -0.25) is 9.59 Å². The lowest BCUT2D eigenvalue weighted by molar-refractivity contribution is -0.134. The van der Waals surface area contributed by atoms with Crippen molar-refractivity contribution in [3.63, 3.8) is 0 Å². The van der Waals surface area contributed by atoms with E-state index in [0.717, 1.165) is 58.2 Å². The van der Waals surface area contributed by atoms with Gasteiger partial charge in [-0.25, -0.2) is 0 Å². The third-order valence-corrected chi connectivity index (χ3v) is 8.72. The lowest BCUT2D eigenvalue weighted by Crippen LogP contribution is -2.42. The molecule has 4 atom stereocenters. The van der Waals surface area contributed by atoms with Crippen molar-refractivity contribution in [3.05, 3.63) is 29.3 Å². The van der Waals surface area contributed by atoms with Gasteiger partial charge in [-0.15, -0.1) is 0 Å². The van der Waals surface area contributed by atoms with Crippen LogP contribution in [0.4, 0.5) is 0 Å². The van der Waals surface area contributed by atoms with E-state index in [9.17, 15) is 9.59 Å². The molecule has 4 aliphatic rings. The number of rotatable bonds is 4. The minimum atomic E-state index is -0.118. The number of ether oxygens (including phenoxy) is 1. The van der Waals surface area contributed by atoms with Crippen LogP contribution < -0.4 is 4.74 Å². The summed E-state index contributed by atoms with van der Waals surface area (Å²) in [6, 6.07) is 6.31. The zero-order valence-electron chi connectivity index (χ0n) is 18.3. The van der Waals surface area contributed by atoms with Crippen LogP contribution in [0.25, 0.3) is 0 Å². The summed E-state index contributed by atoms with van der Waals surface area (Å²) in [6.45, 7) is 5.26. The van der Waals surface area contributed by atoms with Gasteiger partial charge >= 0.3 is 5.97 Å². The highest BCUT2D eigenvalue weighted by Crippen LogP contribution is 2.59. The van der Waals surface area contributed by atoms with E-state index < -0.39 is 0 Å². The van der Waals surface area contributed by atoms with Gasteiger partial charge in [0.1, 0.15) is 11.5 Å². The number of Topliss-reactive ketones (excluding diaryl/α,β-unsaturated/α-hetero) is 1. The van der Waals surface area contributed by atoms with Gasteiger partial charge in [0.25, 0.3) is 0 Å². The van der Waals surface area contributed by atoms with E-state index in [1.807, 2.05) is 6.07 Å². The molecule has 1 heterocycles. The lowest BCUT2D eigenvalue weighted by atomic mass is 9.55. The summed E-state index contributed by atoms with van der Waals surface area (Å²) in [5.41, 5.74) is 2.73. The van der Waals surface area contributed by atoms with E-state index in [4.69, 9.17) is 4.74 Å². The van der Waals surface area contributed by atoms with Crippen LogP contribution >= 0.6 is 0 Å². The normalized spacial score (nSPS) is 33.5. The van der Waals surface area contributed by atoms with Crippen molar-refractivity contribution in [2.24, 2.45) is 17.3 Å². The Labute approximate surface area is 180 Å². The fourth-order valence-electron chi connectivity index (χ4n) is 7.01. The number of aryl methyl sites for hydroxylation is 1. The Morgan fingerprint density at radius 3 is 2.80 bits per heavy atom. The topological polar surface area (TPSA) is 46.6 Å². The van der Waals surface area contributed by atoms with E-state index >= 15 is 0 Å². The number of carbonyl (C=O) groups is 2. The monoisotopic (exact) mass is 409 g/mol.